The van der Waals surface area contributed by atoms with E-state index in [4.69, 9.17) is 14.7 Å². The van der Waals surface area contributed by atoms with E-state index in [1.165, 1.54) is 117 Å². The van der Waals surface area contributed by atoms with Gasteiger partial charge in [0.05, 0.1) is 11.6 Å². The molecule has 10 rings (SSSR count). The van der Waals surface area contributed by atoms with Crippen molar-refractivity contribution in [2.45, 2.75) is 115 Å². The van der Waals surface area contributed by atoms with Crippen LogP contribution in [-0.2, 0) is 12.8 Å². The Morgan fingerprint density at radius 3 is 1.54 bits per heavy atom. The summed E-state index contributed by atoms with van der Waals surface area (Å²) in [6.07, 6.45) is 15.0. The van der Waals surface area contributed by atoms with E-state index >= 15 is 0 Å². The average molecular weight is 694 g/mol. The highest BCUT2D eigenvalue weighted by atomic mass is 16.5. The lowest BCUT2D eigenvalue weighted by atomic mass is 9.80. The van der Waals surface area contributed by atoms with Gasteiger partial charge in [-0.3, -0.25) is 0 Å². The van der Waals surface area contributed by atoms with E-state index in [1.54, 1.807) is 0 Å². The van der Waals surface area contributed by atoms with E-state index < -0.39 is 0 Å². The zero-order chi connectivity index (χ0) is 34.4. The standard InChI is InChI=1S/C23H24N2O.C23H27NO.CH4/c24-16-17-4-6-18(7-5-17)19-8-9-22-20(13-19)14-23(26-22)10-12-25-11-2-1-3-21(25)15-23;1-17-5-7-18(8-6-17)19-9-10-22-20(14-19)15-23(25-22)11-13-24-12-3-2-4-21(24)16-23;/h4-9,13,21H,1-3,10-12,14-15H2;5-10,14,21H,2-4,11-13,15-16H2,1H3;1H4/t2*21-,23-;/m10./s1. The van der Waals surface area contributed by atoms with Gasteiger partial charge < -0.3 is 19.3 Å². The third kappa shape index (κ3) is 6.89. The molecule has 52 heavy (non-hydrogen) atoms. The molecule has 5 nitrogen and oxygen atoms in total. The molecule has 4 atom stereocenters. The molecule has 6 aliphatic heterocycles. The van der Waals surface area contributed by atoms with Crippen molar-refractivity contribution < 1.29 is 9.47 Å². The number of benzene rings is 4. The van der Waals surface area contributed by atoms with Gasteiger partial charge in [0.1, 0.15) is 22.7 Å². The Hall–Kier alpha value is -4.11. The monoisotopic (exact) mass is 693 g/mol. The Kier molecular flexibility index (Phi) is 9.66. The summed E-state index contributed by atoms with van der Waals surface area (Å²) in [5, 5.41) is 8.98. The van der Waals surface area contributed by atoms with Crippen molar-refractivity contribution >= 4 is 0 Å². The second kappa shape index (κ2) is 14.4. The van der Waals surface area contributed by atoms with Gasteiger partial charge in [-0.1, -0.05) is 74.4 Å². The molecular weight excluding hydrogens is 639 g/mol. The van der Waals surface area contributed by atoms with Crippen LogP contribution in [0.1, 0.15) is 93.9 Å². The van der Waals surface area contributed by atoms with Crippen molar-refractivity contribution in [3.05, 3.63) is 107 Å². The molecule has 0 amide bonds. The van der Waals surface area contributed by atoms with Gasteiger partial charge in [-0.25, -0.2) is 0 Å². The molecule has 0 saturated carbocycles. The number of rotatable bonds is 2. The Morgan fingerprint density at radius 2 is 1.06 bits per heavy atom. The number of piperidine rings is 4. The van der Waals surface area contributed by atoms with Gasteiger partial charge in [0.25, 0.3) is 0 Å². The van der Waals surface area contributed by atoms with Crippen molar-refractivity contribution in [2.24, 2.45) is 0 Å². The third-order valence-electron chi connectivity index (χ3n) is 13.0. The van der Waals surface area contributed by atoms with Crippen LogP contribution < -0.4 is 9.47 Å². The fourth-order valence-corrected chi connectivity index (χ4v) is 10.1. The Labute approximate surface area is 311 Å². The summed E-state index contributed by atoms with van der Waals surface area (Å²) in [5.41, 5.74) is 9.84. The lowest BCUT2D eigenvalue weighted by molar-refractivity contribution is -0.0252. The lowest BCUT2D eigenvalue weighted by Gasteiger charge is -2.46. The highest BCUT2D eigenvalue weighted by Gasteiger charge is 2.47. The first-order chi connectivity index (χ1) is 25.0. The largest absolute Gasteiger partial charge is 0.487 e. The summed E-state index contributed by atoms with van der Waals surface area (Å²) >= 11 is 0. The van der Waals surface area contributed by atoms with Crippen molar-refractivity contribution in [2.75, 3.05) is 26.2 Å². The lowest BCUT2D eigenvalue weighted by Crippen LogP contribution is -2.54. The summed E-state index contributed by atoms with van der Waals surface area (Å²) in [4.78, 5) is 5.39. The Balaban J connectivity index is 0.000000146. The predicted octanol–water partition coefficient (Wildman–Crippen LogP) is 10.2. The SMILES string of the molecule is C.Cc1ccc(-c2ccc3c(c2)C[C@]2(CCN4CCCC[C@H]4C2)O3)cc1.N#Cc1ccc(-c2ccc3c(c2)C[C@@]2(CCN4CCCC[C@@H]4C2)O3)cc1. The van der Waals surface area contributed by atoms with Crippen LogP contribution in [0.2, 0.25) is 0 Å². The second-order valence-corrected chi connectivity index (χ2v) is 16.4. The Morgan fingerprint density at radius 1 is 0.596 bits per heavy atom. The summed E-state index contributed by atoms with van der Waals surface area (Å²) < 4.78 is 13.1. The Bertz CT molecular complexity index is 1930. The van der Waals surface area contributed by atoms with Crippen LogP contribution in [-0.4, -0.2) is 59.3 Å². The van der Waals surface area contributed by atoms with Crippen molar-refractivity contribution in [3.8, 4) is 39.8 Å². The van der Waals surface area contributed by atoms with Crippen LogP contribution in [0.5, 0.6) is 11.5 Å². The molecule has 4 aromatic carbocycles. The van der Waals surface area contributed by atoms with Crippen LogP contribution >= 0.6 is 0 Å². The van der Waals surface area contributed by atoms with E-state index in [9.17, 15) is 0 Å². The molecule has 4 saturated heterocycles. The molecule has 4 fully saturated rings. The van der Waals surface area contributed by atoms with Crippen LogP contribution in [0.4, 0.5) is 0 Å². The van der Waals surface area contributed by atoms with Gasteiger partial charge in [-0.2, -0.15) is 5.26 Å². The summed E-state index contributed by atoms with van der Waals surface area (Å²) in [7, 11) is 0. The average Bonchev–Trinajstić information content (AvgIpc) is 3.71. The number of fused-ring (bicyclic) bond motifs is 4. The number of ether oxygens (including phenoxy) is 2. The first kappa shape index (κ1) is 34.9. The van der Waals surface area contributed by atoms with Crippen molar-refractivity contribution in [1.82, 2.24) is 9.80 Å². The van der Waals surface area contributed by atoms with Crippen LogP contribution in [0, 0.1) is 18.3 Å². The third-order valence-corrected chi connectivity index (χ3v) is 13.0. The fraction of sp³-hybridized carbons (Fsp3) is 0.468. The molecule has 5 heteroatoms. The van der Waals surface area contributed by atoms with E-state index in [0.717, 1.165) is 42.4 Å². The van der Waals surface area contributed by atoms with Crippen molar-refractivity contribution in [3.63, 3.8) is 0 Å². The quantitative estimate of drug-likeness (QED) is 0.209. The highest BCUT2D eigenvalue weighted by Crippen LogP contribution is 2.47. The molecular formula is C47H55N3O2. The van der Waals surface area contributed by atoms with Crippen LogP contribution in [0.15, 0.2) is 84.9 Å². The number of nitrogens with zero attached hydrogens (tertiary/aromatic N) is 3. The molecule has 6 heterocycles. The number of hydrogen-bond donors (Lipinski definition) is 0. The maximum Gasteiger partial charge on any atom is 0.123 e. The van der Waals surface area contributed by atoms with E-state index in [-0.39, 0.29) is 18.6 Å². The van der Waals surface area contributed by atoms with Gasteiger partial charge in [0.2, 0.25) is 0 Å². The number of hydrogen-bond acceptors (Lipinski definition) is 5. The second-order valence-electron chi connectivity index (χ2n) is 16.4. The van der Waals surface area contributed by atoms with Crippen LogP contribution in [0.3, 0.4) is 0 Å². The molecule has 4 aromatic rings. The normalized spacial score (nSPS) is 27.4. The van der Waals surface area contributed by atoms with Crippen molar-refractivity contribution in [1.29, 1.82) is 5.26 Å². The predicted molar refractivity (Wildman–Crippen MR) is 211 cm³/mol. The minimum Gasteiger partial charge on any atom is -0.487 e. The van der Waals surface area contributed by atoms with Gasteiger partial charge in [-0.05, 0) is 115 Å². The number of aryl methyl sites for hydroxylation is 1. The van der Waals surface area contributed by atoms with Gasteiger partial charge in [-0.15, -0.1) is 0 Å². The maximum atomic E-state index is 8.98. The molecule has 0 unspecified atom stereocenters. The molecule has 0 N–H and O–H groups in total. The molecule has 0 radical (unpaired) electrons. The minimum absolute atomic E-state index is 0. The molecule has 0 aromatic heterocycles. The summed E-state index contributed by atoms with van der Waals surface area (Å²) in [5.74, 6) is 2.20. The van der Waals surface area contributed by atoms with E-state index in [2.05, 4.69) is 83.5 Å². The maximum absolute atomic E-state index is 8.98. The smallest absolute Gasteiger partial charge is 0.123 e. The van der Waals surface area contributed by atoms with E-state index in [1.807, 2.05) is 24.3 Å². The molecule has 0 aliphatic carbocycles. The molecule has 270 valence electrons. The molecule has 0 bridgehead atoms. The molecule has 2 spiro atoms. The highest BCUT2D eigenvalue weighted by molar-refractivity contribution is 5.68. The first-order valence-corrected chi connectivity index (χ1v) is 19.7. The fourth-order valence-electron chi connectivity index (χ4n) is 10.1. The van der Waals surface area contributed by atoms with Gasteiger partial charge in [0, 0.05) is 63.7 Å². The van der Waals surface area contributed by atoms with Crippen LogP contribution in [0.25, 0.3) is 22.3 Å². The topological polar surface area (TPSA) is 48.7 Å². The summed E-state index contributed by atoms with van der Waals surface area (Å²) in [6.45, 7) is 7.11. The van der Waals surface area contributed by atoms with Gasteiger partial charge in [0.15, 0.2) is 0 Å². The number of nitriles is 1. The zero-order valence-electron chi connectivity index (χ0n) is 30.2. The zero-order valence-corrected chi connectivity index (χ0v) is 30.2. The van der Waals surface area contributed by atoms with Gasteiger partial charge >= 0.3 is 0 Å². The van der Waals surface area contributed by atoms with E-state index in [0.29, 0.717) is 11.6 Å². The first-order valence-electron chi connectivity index (χ1n) is 19.7. The minimum atomic E-state index is 0. The summed E-state index contributed by atoms with van der Waals surface area (Å²) in [6, 6.07) is 33.7. The molecule has 6 aliphatic rings.